The molecular formula is C24H30F6N4O6. The quantitative estimate of drug-likeness (QED) is 0.484. The van der Waals surface area contributed by atoms with Crippen LogP contribution in [0.25, 0.3) is 0 Å². The molecule has 2 aromatic heterocycles. The van der Waals surface area contributed by atoms with E-state index in [1.165, 1.54) is 11.3 Å². The Morgan fingerprint density at radius 1 is 1.02 bits per heavy atom. The molecule has 2 aromatic rings. The van der Waals surface area contributed by atoms with Crippen molar-refractivity contribution in [2.45, 2.75) is 57.9 Å². The van der Waals surface area contributed by atoms with Crippen LogP contribution in [0, 0.1) is 5.92 Å². The highest BCUT2D eigenvalue weighted by molar-refractivity contribution is 5.73. The molecule has 1 saturated heterocycles. The lowest BCUT2D eigenvalue weighted by Gasteiger charge is -2.34. The minimum absolute atomic E-state index is 0.307. The van der Waals surface area contributed by atoms with E-state index >= 15 is 0 Å². The molecule has 0 aromatic carbocycles. The average Bonchev–Trinajstić information content (AvgIpc) is 3.30. The van der Waals surface area contributed by atoms with Gasteiger partial charge in [0.05, 0.1) is 31.1 Å². The number of aromatic nitrogens is 3. The van der Waals surface area contributed by atoms with Gasteiger partial charge in [-0.05, 0) is 43.4 Å². The lowest BCUT2D eigenvalue weighted by molar-refractivity contribution is -0.193. The highest BCUT2D eigenvalue weighted by atomic mass is 19.4. The summed E-state index contributed by atoms with van der Waals surface area (Å²) in [6.07, 6.45) is -2.22. The van der Waals surface area contributed by atoms with E-state index in [4.69, 9.17) is 34.3 Å². The standard InChI is InChI=1S/C20H28N4O2.2C2HF3O2/c1-16-20-22-12-19(15-26-14-18-4-10-25-11-5-18)24(20)9-8-23(16)13-17-2-6-21-7-3-17;2*3-2(4,5)1(6)7/h2-3,6-7,12,16,18H,4-5,8-11,13-15H2,1H3;2*(H,6,7). The van der Waals surface area contributed by atoms with Crippen molar-refractivity contribution in [2.24, 2.45) is 5.92 Å². The Bertz CT molecular complexity index is 1050. The first-order chi connectivity index (χ1) is 18.7. The van der Waals surface area contributed by atoms with Gasteiger partial charge in [-0.3, -0.25) is 9.88 Å². The summed E-state index contributed by atoms with van der Waals surface area (Å²) in [6, 6.07) is 4.48. The van der Waals surface area contributed by atoms with Crippen molar-refractivity contribution in [2.75, 3.05) is 26.4 Å². The number of halogens is 6. The van der Waals surface area contributed by atoms with Crippen LogP contribution in [0.15, 0.2) is 30.7 Å². The van der Waals surface area contributed by atoms with E-state index in [-0.39, 0.29) is 0 Å². The Kier molecular flexibility index (Phi) is 12.3. The first-order valence-electron chi connectivity index (χ1n) is 12.1. The highest BCUT2D eigenvalue weighted by Gasteiger charge is 2.39. The summed E-state index contributed by atoms with van der Waals surface area (Å²) in [5.74, 6) is -3.72. The molecule has 16 heteroatoms. The van der Waals surface area contributed by atoms with Crippen LogP contribution in [0.3, 0.4) is 0 Å². The molecule has 0 aliphatic carbocycles. The number of fused-ring (bicyclic) bond motifs is 1. The van der Waals surface area contributed by atoms with Gasteiger partial charge in [0.1, 0.15) is 5.82 Å². The second kappa shape index (κ2) is 14.9. The van der Waals surface area contributed by atoms with Crippen LogP contribution < -0.4 is 0 Å². The van der Waals surface area contributed by atoms with Crippen LogP contribution in [-0.2, 0) is 38.8 Å². The van der Waals surface area contributed by atoms with Crippen molar-refractivity contribution in [1.29, 1.82) is 0 Å². The monoisotopic (exact) mass is 584 g/mol. The number of carboxylic acids is 2. The lowest BCUT2D eigenvalue weighted by atomic mass is 10.0. The summed E-state index contributed by atoms with van der Waals surface area (Å²) >= 11 is 0. The third-order valence-corrected chi connectivity index (χ3v) is 6.07. The first-order valence-corrected chi connectivity index (χ1v) is 12.1. The Labute approximate surface area is 225 Å². The number of carbonyl (C=O) groups is 2. The average molecular weight is 585 g/mol. The van der Waals surface area contributed by atoms with Crippen LogP contribution in [0.5, 0.6) is 0 Å². The maximum Gasteiger partial charge on any atom is 0.490 e. The highest BCUT2D eigenvalue weighted by Crippen LogP contribution is 2.27. The van der Waals surface area contributed by atoms with Gasteiger partial charge in [0.2, 0.25) is 0 Å². The van der Waals surface area contributed by atoms with Gasteiger partial charge in [-0.1, -0.05) is 0 Å². The number of imidazole rings is 1. The lowest BCUT2D eigenvalue weighted by Crippen LogP contribution is -2.37. The van der Waals surface area contributed by atoms with E-state index in [0.29, 0.717) is 18.6 Å². The molecule has 2 aliphatic rings. The molecule has 0 saturated carbocycles. The maximum atomic E-state index is 10.6. The number of aliphatic carboxylic acids is 2. The third-order valence-electron chi connectivity index (χ3n) is 6.07. The smallest absolute Gasteiger partial charge is 0.475 e. The van der Waals surface area contributed by atoms with Crippen molar-refractivity contribution in [3.8, 4) is 0 Å². The van der Waals surface area contributed by atoms with Crippen LogP contribution in [0.4, 0.5) is 26.3 Å². The first kappa shape index (κ1) is 33.0. The zero-order chi connectivity index (χ0) is 29.9. The number of hydrogen-bond acceptors (Lipinski definition) is 7. The van der Waals surface area contributed by atoms with Gasteiger partial charge in [-0.2, -0.15) is 26.3 Å². The number of rotatable bonds is 6. The molecular weight excluding hydrogens is 554 g/mol. The number of ether oxygens (including phenoxy) is 2. The number of carboxylic acid groups (broad SMARTS) is 2. The fourth-order valence-electron chi connectivity index (χ4n) is 3.90. The molecule has 0 amide bonds. The molecule has 0 bridgehead atoms. The summed E-state index contributed by atoms with van der Waals surface area (Å²) in [5.41, 5.74) is 2.49. The number of hydrogen-bond donors (Lipinski definition) is 2. The molecule has 224 valence electrons. The third kappa shape index (κ3) is 10.7. The molecule has 40 heavy (non-hydrogen) atoms. The number of alkyl halides is 6. The van der Waals surface area contributed by atoms with Crippen molar-refractivity contribution in [3.05, 3.63) is 47.8 Å². The molecule has 1 fully saturated rings. The predicted molar refractivity (Wildman–Crippen MR) is 126 cm³/mol. The van der Waals surface area contributed by atoms with E-state index in [1.54, 1.807) is 0 Å². The van der Waals surface area contributed by atoms with Gasteiger partial charge in [0, 0.05) is 45.2 Å². The van der Waals surface area contributed by atoms with Gasteiger partial charge in [-0.25, -0.2) is 14.6 Å². The maximum absolute atomic E-state index is 10.6. The van der Waals surface area contributed by atoms with Gasteiger partial charge in [0.25, 0.3) is 0 Å². The van der Waals surface area contributed by atoms with Crippen molar-refractivity contribution in [1.82, 2.24) is 19.4 Å². The summed E-state index contributed by atoms with van der Waals surface area (Å²) in [7, 11) is 0. The number of pyridine rings is 1. The largest absolute Gasteiger partial charge is 0.490 e. The van der Waals surface area contributed by atoms with Gasteiger partial charge in [-0.15, -0.1) is 0 Å². The zero-order valence-electron chi connectivity index (χ0n) is 21.5. The molecule has 2 aliphatic heterocycles. The number of nitrogens with zero attached hydrogens (tertiary/aromatic N) is 4. The van der Waals surface area contributed by atoms with E-state index in [2.05, 4.69) is 33.5 Å². The fraction of sp³-hybridized carbons (Fsp3) is 0.583. The van der Waals surface area contributed by atoms with Crippen molar-refractivity contribution in [3.63, 3.8) is 0 Å². The molecule has 1 unspecified atom stereocenters. The Morgan fingerprint density at radius 2 is 1.57 bits per heavy atom. The topological polar surface area (TPSA) is 127 Å². The van der Waals surface area contributed by atoms with Crippen LogP contribution in [0.2, 0.25) is 0 Å². The van der Waals surface area contributed by atoms with E-state index in [9.17, 15) is 26.3 Å². The van der Waals surface area contributed by atoms with Crippen molar-refractivity contribution >= 4 is 11.9 Å². The molecule has 1 atom stereocenters. The predicted octanol–water partition coefficient (Wildman–Crippen LogP) is 4.06. The Balaban J connectivity index is 0.000000333. The molecule has 4 rings (SSSR count). The van der Waals surface area contributed by atoms with Gasteiger partial charge < -0.3 is 24.3 Å². The molecule has 10 nitrogen and oxygen atoms in total. The van der Waals surface area contributed by atoms with Crippen LogP contribution in [0.1, 0.15) is 42.9 Å². The van der Waals surface area contributed by atoms with Gasteiger partial charge in [0.15, 0.2) is 0 Å². The summed E-state index contributed by atoms with van der Waals surface area (Å²) in [4.78, 5) is 29.1. The normalized spacial score (nSPS) is 18.0. The molecule has 0 radical (unpaired) electrons. The van der Waals surface area contributed by atoms with E-state index in [0.717, 1.165) is 58.1 Å². The zero-order valence-corrected chi connectivity index (χ0v) is 21.5. The van der Waals surface area contributed by atoms with Gasteiger partial charge >= 0.3 is 24.3 Å². The second-order valence-corrected chi connectivity index (χ2v) is 8.94. The van der Waals surface area contributed by atoms with Crippen LogP contribution in [-0.4, -0.2) is 80.3 Å². The fourth-order valence-corrected chi connectivity index (χ4v) is 3.90. The minimum Gasteiger partial charge on any atom is -0.475 e. The Morgan fingerprint density at radius 3 is 2.10 bits per heavy atom. The molecule has 0 spiro atoms. The molecule has 4 heterocycles. The van der Waals surface area contributed by atoms with Crippen molar-refractivity contribution < 1.29 is 55.6 Å². The summed E-state index contributed by atoms with van der Waals surface area (Å²) in [5, 5.41) is 14.2. The Hall–Kier alpha value is -3.24. The van der Waals surface area contributed by atoms with Crippen LogP contribution >= 0.6 is 0 Å². The van der Waals surface area contributed by atoms with E-state index in [1.807, 2.05) is 18.6 Å². The summed E-state index contributed by atoms with van der Waals surface area (Å²) in [6.45, 7) is 8.41. The minimum atomic E-state index is -5.08. The SMILES string of the molecule is CC1c2ncc(COCC3CCOCC3)n2CCN1Cc1ccncc1.O=C(O)C(F)(F)F.O=C(O)C(F)(F)F. The molecule has 2 N–H and O–H groups in total. The second-order valence-electron chi connectivity index (χ2n) is 8.94. The summed E-state index contributed by atoms with van der Waals surface area (Å²) < 4.78 is 77.2. The van der Waals surface area contributed by atoms with E-state index < -0.39 is 24.3 Å².